The average molecular weight is 378 g/mol. The fourth-order valence-electron chi connectivity index (χ4n) is 2.73. The van der Waals surface area contributed by atoms with Crippen LogP contribution in [0.4, 0.5) is 10.1 Å². The van der Waals surface area contributed by atoms with Crippen molar-refractivity contribution in [1.82, 2.24) is 15.5 Å². The van der Waals surface area contributed by atoms with Crippen LogP contribution in [0, 0.1) is 5.82 Å². The SMILES string of the molecule is O=C(COCc1nnc(C(=O)Nc2cccc(F)c2)s1)NC1CCCC1. The maximum Gasteiger partial charge on any atom is 0.286 e. The second-order valence-corrected chi connectivity index (χ2v) is 7.07. The van der Waals surface area contributed by atoms with Crippen LogP contribution in [-0.2, 0) is 16.1 Å². The Labute approximate surface area is 154 Å². The lowest BCUT2D eigenvalue weighted by Crippen LogP contribution is -2.35. The van der Waals surface area contributed by atoms with Gasteiger partial charge < -0.3 is 15.4 Å². The zero-order valence-electron chi connectivity index (χ0n) is 14.0. The van der Waals surface area contributed by atoms with Crippen LogP contribution in [0.25, 0.3) is 0 Å². The van der Waals surface area contributed by atoms with E-state index in [0.717, 1.165) is 37.0 Å². The van der Waals surface area contributed by atoms with Crippen molar-refractivity contribution in [3.63, 3.8) is 0 Å². The zero-order chi connectivity index (χ0) is 18.4. The number of carbonyl (C=O) groups excluding carboxylic acids is 2. The maximum atomic E-state index is 13.1. The third kappa shape index (κ3) is 5.30. The van der Waals surface area contributed by atoms with E-state index in [9.17, 15) is 14.0 Å². The highest BCUT2D eigenvalue weighted by molar-refractivity contribution is 7.13. The molecule has 2 aromatic rings. The van der Waals surface area contributed by atoms with E-state index in [4.69, 9.17) is 4.74 Å². The van der Waals surface area contributed by atoms with Crippen molar-refractivity contribution in [3.8, 4) is 0 Å². The third-order valence-electron chi connectivity index (χ3n) is 3.92. The Bertz CT molecular complexity index is 777. The van der Waals surface area contributed by atoms with Gasteiger partial charge in [-0.3, -0.25) is 9.59 Å². The molecule has 1 aromatic carbocycles. The first-order chi connectivity index (χ1) is 12.6. The molecule has 1 heterocycles. The predicted molar refractivity (Wildman–Crippen MR) is 94.3 cm³/mol. The second-order valence-electron chi connectivity index (χ2n) is 6.01. The summed E-state index contributed by atoms with van der Waals surface area (Å²) in [4.78, 5) is 23.9. The molecule has 3 rings (SSSR count). The molecule has 0 aliphatic heterocycles. The summed E-state index contributed by atoms with van der Waals surface area (Å²) in [5.41, 5.74) is 0.339. The Morgan fingerprint density at radius 1 is 1.27 bits per heavy atom. The number of rotatable bonds is 7. The average Bonchev–Trinajstić information content (AvgIpc) is 3.27. The van der Waals surface area contributed by atoms with Crippen molar-refractivity contribution < 1.29 is 18.7 Å². The number of carbonyl (C=O) groups is 2. The van der Waals surface area contributed by atoms with Gasteiger partial charge in [0.25, 0.3) is 5.91 Å². The molecule has 138 valence electrons. The minimum atomic E-state index is -0.474. The lowest BCUT2D eigenvalue weighted by molar-refractivity contribution is -0.126. The fourth-order valence-corrected chi connectivity index (χ4v) is 3.40. The topological polar surface area (TPSA) is 93.2 Å². The van der Waals surface area contributed by atoms with Gasteiger partial charge >= 0.3 is 0 Å². The smallest absolute Gasteiger partial charge is 0.286 e. The van der Waals surface area contributed by atoms with E-state index < -0.39 is 11.7 Å². The van der Waals surface area contributed by atoms with Gasteiger partial charge in [0.1, 0.15) is 24.0 Å². The van der Waals surface area contributed by atoms with E-state index in [0.29, 0.717) is 10.7 Å². The number of nitrogens with one attached hydrogen (secondary N) is 2. The van der Waals surface area contributed by atoms with Crippen molar-refractivity contribution in [3.05, 3.63) is 40.1 Å². The minimum absolute atomic E-state index is 0.0547. The van der Waals surface area contributed by atoms with E-state index in [1.165, 1.54) is 18.2 Å². The van der Waals surface area contributed by atoms with E-state index >= 15 is 0 Å². The molecule has 0 spiro atoms. The summed E-state index contributed by atoms with van der Waals surface area (Å²) in [6.45, 7) is 0.0455. The molecule has 1 aromatic heterocycles. The summed E-state index contributed by atoms with van der Waals surface area (Å²) < 4.78 is 18.5. The molecule has 26 heavy (non-hydrogen) atoms. The molecule has 2 amide bonds. The van der Waals surface area contributed by atoms with Crippen molar-refractivity contribution in [2.45, 2.75) is 38.3 Å². The van der Waals surface area contributed by atoms with Crippen LogP contribution in [0.5, 0.6) is 0 Å². The Balaban J connectivity index is 1.43. The first-order valence-electron chi connectivity index (χ1n) is 8.36. The highest BCUT2D eigenvalue weighted by Crippen LogP contribution is 2.17. The maximum absolute atomic E-state index is 13.1. The minimum Gasteiger partial charge on any atom is -0.364 e. The highest BCUT2D eigenvalue weighted by Gasteiger charge is 2.17. The van der Waals surface area contributed by atoms with Gasteiger partial charge in [-0.2, -0.15) is 0 Å². The van der Waals surface area contributed by atoms with Crippen LogP contribution in [0.1, 0.15) is 40.5 Å². The molecule has 9 heteroatoms. The van der Waals surface area contributed by atoms with Gasteiger partial charge in [0.2, 0.25) is 10.9 Å². The number of halogens is 1. The molecule has 1 aliphatic rings. The molecule has 1 saturated carbocycles. The van der Waals surface area contributed by atoms with Crippen LogP contribution in [0.15, 0.2) is 24.3 Å². The van der Waals surface area contributed by atoms with Crippen LogP contribution in [-0.4, -0.2) is 34.7 Å². The Hall–Kier alpha value is -2.39. The summed E-state index contributed by atoms with van der Waals surface area (Å²) in [5, 5.41) is 13.8. The molecule has 0 atom stereocenters. The Kier molecular flexibility index (Phi) is 6.24. The van der Waals surface area contributed by atoms with E-state index in [1.54, 1.807) is 6.07 Å². The zero-order valence-corrected chi connectivity index (χ0v) is 14.9. The molecule has 0 bridgehead atoms. The summed E-state index contributed by atoms with van der Waals surface area (Å²) >= 11 is 1.06. The quantitative estimate of drug-likeness (QED) is 0.772. The first-order valence-corrected chi connectivity index (χ1v) is 9.18. The number of hydrogen-bond acceptors (Lipinski definition) is 6. The van der Waals surface area contributed by atoms with E-state index in [1.807, 2.05) is 0 Å². The predicted octanol–water partition coefficient (Wildman–Crippen LogP) is 2.50. The monoisotopic (exact) mass is 378 g/mol. The second kappa shape index (κ2) is 8.81. The van der Waals surface area contributed by atoms with E-state index in [2.05, 4.69) is 20.8 Å². The Morgan fingerprint density at radius 3 is 2.85 bits per heavy atom. The first kappa shape index (κ1) is 18.4. The summed E-state index contributed by atoms with van der Waals surface area (Å²) in [6, 6.07) is 5.84. The number of nitrogens with zero attached hydrogens (tertiary/aromatic N) is 2. The third-order valence-corrected chi connectivity index (χ3v) is 4.82. The molecule has 0 saturated heterocycles. The lowest BCUT2D eigenvalue weighted by Gasteiger charge is -2.11. The number of benzene rings is 1. The van der Waals surface area contributed by atoms with E-state index in [-0.39, 0.29) is 30.2 Å². The Morgan fingerprint density at radius 2 is 2.08 bits per heavy atom. The molecule has 1 aliphatic carbocycles. The molecule has 0 radical (unpaired) electrons. The summed E-state index contributed by atoms with van der Waals surface area (Å²) in [6.07, 6.45) is 4.34. The van der Waals surface area contributed by atoms with Crippen LogP contribution < -0.4 is 10.6 Å². The molecular formula is C17H19FN4O3S. The largest absolute Gasteiger partial charge is 0.364 e. The van der Waals surface area contributed by atoms with Gasteiger partial charge in [0.15, 0.2) is 0 Å². The fraction of sp³-hybridized carbons (Fsp3) is 0.412. The van der Waals surface area contributed by atoms with Gasteiger partial charge in [-0.05, 0) is 31.0 Å². The van der Waals surface area contributed by atoms with Gasteiger partial charge in [-0.1, -0.05) is 30.2 Å². The lowest BCUT2D eigenvalue weighted by atomic mass is 10.2. The van der Waals surface area contributed by atoms with Crippen molar-refractivity contribution in [1.29, 1.82) is 0 Å². The molecule has 1 fully saturated rings. The van der Waals surface area contributed by atoms with Crippen LogP contribution >= 0.6 is 11.3 Å². The standard InChI is InChI=1S/C17H19FN4O3S/c18-11-4-3-7-13(8-11)20-16(24)17-22-21-15(26-17)10-25-9-14(23)19-12-5-1-2-6-12/h3-4,7-8,12H,1-2,5-6,9-10H2,(H,19,23)(H,20,24). The number of aromatic nitrogens is 2. The molecule has 2 N–H and O–H groups in total. The number of hydrogen-bond donors (Lipinski definition) is 2. The van der Waals surface area contributed by atoms with Gasteiger partial charge in [-0.15, -0.1) is 10.2 Å². The normalized spacial score (nSPS) is 14.3. The number of amides is 2. The highest BCUT2D eigenvalue weighted by atomic mass is 32.1. The van der Waals surface area contributed by atoms with Crippen molar-refractivity contribution in [2.75, 3.05) is 11.9 Å². The van der Waals surface area contributed by atoms with Crippen molar-refractivity contribution >= 4 is 28.8 Å². The molecule has 7 nitrogen and oxygen atoms in total. The van der Waals surface area contributed by atoms with Gasteiger partial charge in [-0.25, -0.2) is 4.39 Å². The van der Waals surface area contributed by atoms with Crippen molar-refractivity contribution in [2.24, 2.45) is 0 Å². The number of anilines is 1. The molecule has 0 unspecified atom stereocenters. The van der Waals surface area contributed by atoms with Gasteiger partial charge in [0, 0.05) is 11.7 Å². The van der Waals surface area contributed by atoms with Crippen LogP contribution in [0.3, 0.4) is 0 Å². The van der Waals surface area contributed by atoms with Crippen LogP contribution in [0.2, 0.25) is 0 Å². The number of ether oxygens (including phenoxy) is 1. The summed E-state index contributed by atoms with van der Waals surface area (Å²) in [7, 11) is 0. The molecular weight excluding hydrogens is 359 g/mol. The van der Waals surface area contributed by atoms with Gasteiger partial charge in [0.05, 0.1) is 0 Å². The summed E-state index contributed by atoms with van der Waals surface area (Å²) in [5.74, 6) is -1.06.